The van der Waals surface area contributed by atoms with E-state index in [0.29, 0.717) is 5.57 Å². The normalized spacial score (nSPS) is 10.6. The molecule has 1 rings (SSSR count). The molecule has 0 aliphatic carbocycles. The third-order valence-corrected chi connectivity index (χ3v) is 2.71. The average Bonchev–Trinajstić information content (AvgIpc) is 2.47. The minimum Gasteiger partial charge on any atom is -0.465 e. The Morgan fingerprint density at radius 1 is 1.33 bits per heavy atom. The second-order valence-electron chi connectivity index (χ2n) is 4.41. The van der Waals surface area contributed by atoms with E-state index in [0.717, 1.165) is 5.56 Å². The zero-order chi connectivity index (χ0) is 15.7. The van der Waals surface area contributed by atoms with Crippen LogP contribution in [0.15, 0.2) is 35.9 Å². The Labute approximate surface area is 125 Å². The molecule has 0 spiro atoms. The fraction of sp³-hybridized carbons (Fsp3) is 0.294. The van der Waals surface area contributed by atoms with Gasteiger partial charge in [0.25, 0.3) is 5.91 Å². The first-order chi connectivity index (χ1) is 10.1. The largest absolute Gasteiger partial charge is 0.465 e. The maximum absolute atomic E-state index is 12.3. The Morgan fingerprint density at radius 3 is 2.57 bits per heavy atom. The first-order valence-electron chi connectivity index (χ1n) is 6.70. The molecule has 0 aliphatic heterocycles. The van der Waals surface area contributed by atoms with Crippen molar-refractivity contribution >= 4 is 18.0 Å². The second kappa shape index (κ2) is 8.60. The van der Waals surface area contributed by atoms with Gasteiger partial charge in [-0.15, -0.1) is 6.42 Å². The molecule has 0 saturated carbocycles. The van der Waals surface area contributed by atoms with Crippen molar-refractivity contribution in [1.29, 1.82) is 0 Å². The van der Waals surface area contributed by atoms with Crippen LogP contribution in [0.25, 0.3) is 6.08 Å². The highest BCUT2D eigenvalue weighted by molar-refractivity contribution is 5.98. The van der Waals surface area contributed by atoms with E-state index in [1.807, 2.05) is 30.3 Å². The Balaban J connectivity index is 2.83. The van der Waals surface area contributed by atoms with Crippen molar-refractivity contribution in [1.82, 2.24) is 4.90 Å². The van der Waals surface area contributed by atoms with Gasteiger partial charge in [0.2, 0.25) is 0 Å². The number of esters is 1. The Hall–Kier alpha value is -2.54. The molecule has 0 saturated heterocycles. The minimum atomic E-state index is -0.464. The molecule has 0 aliphatic rings. The quantitative estimate of drug-likeness (QED) is 0.457. The summed E-state index contributed by atoms with van der Waals surface area (Å²) in [5.41, 5.74) is 1.43. The number of hydrogen-bond acceptors (Lipinski definition) is 3. The third-order valence-electron chi connectivity index (χ3n) is 2.71. The number of ether oxygens (including phenoxy) is 1. The van der Waals surface area contributed by atoms with Gasteiger partial charge in [0.05, 0.1) is 13.2 Å². The van der Waals surface area contributed by atoms with Crippen LogP contribution in [0.4, 0.5) is 0 Å². The first kappa shape index (κ1) is 16.5. The fourth-order valence-electron chi connectivity index (χ4n) is 1.78. The van der Waals surface area contributed by atoms with Crippen molar-refractivity contribution < 1.29 is 14.3 Å². The molecule has 0 unspecified atom stereocenters. The van der Waals surface area contributed by atoms with Crippen molar-refractivity contribution in [3.8, 4) is 12.3 Å². The lowest BCUT2D eigenvalue weighted by Gasteiger charge is -2.19. The van der Waals surface area contributed by atoms with E-state index in [4.69, 9.17) is 11.2 Å². The molecule has 0 heterocycles. The topological polar surface area (TPSA) is 46.6 Å². The zero-order valence-corrected chi connectivity index (χ0v) is 12.3. The highest BCUT2D eigenvalue weighted by atomic mass is 16.5. The van der Waals surface area contributed by atoms with Gasteiger partial charge in [-0.1, -0.05) is 36.3 Å². The lowest BCUT2D eigenvalue weighted by molar-refractivity contribution is -0.147. The summed E-state index contributed by atoms with van der Waals surface area (Å²) in [6, 6.07) is 9.48. The van der Waals surface area contributed by atoms with Crippen molar-refractivity contribution in [2.24, 2.45) is 0 Å². The molecule has 0 atom stereocenters. The predicted octanol–water partition coefficient (Wildman–Crippen LogP) is 2.11. The molecule has 0 aromatic heterocycles. The van der Waals surface area contributed by atoms with Crippen LogP contribution in [-0.2, 0) is 14.3 Å². The highest BCUT2D eigenvalue weighted by Gasteiger charge is 2.18. The van der Waals surface area contributed by atoms with Crippen LogP contribution in [-0.4, -0.2) is 36.5 Å². The summed E-state index contributed by atoms with van der Waals surface area (Å²) in [7, 11) is 0. The lowest BCUT2D eigenvalue weighted by Crippen LogP contribution is -2.37. The van der Waals surface area contributed by atoms with E-state index in [-0.39, 0.29) is 25.6 Å². The van der Waals surface area contributed by atoms with E-state index in [9.17, 15) is 9.59 Å². The van der Waals surface area contributed by atoms with Crippen LogP contribution in [0.5, 0.6) is 0 Å². The highest BCUT2D eigenvalue weighted by Crippen LogP contribution is 2.09. The average molecular weight is 285 g/mol. The summed E-state index contributed by atoms with van der Waals surface area (Å²) in [5.74, 6) is 1.65. The van der Waals surface area contributed by atoms with Gasteiger partial charge in [-0.3, -0.25) is 9.59 Å². The number of carbonyl (C=O) groups is 2. The van der Waals surface area contributed by atoms with Gasteiger partial charge < -0.3 is 9.64 Å². The van der Waals surface area contributed by atoms with E-state index >= 15 is 0 Å². The smallest absolute Gasteiger partial charge is 0.325 e. The van der Waals surface area contributed by atoms with Gasteiger partial charge in [-0.05, 0) is 25.5 Å². The number of rotatable bonds is 6. The van der Waals surface area contributed by atoms with Crippen molar-refractivity contribution in [3.63, 3.8) is 0 Å². The summed E-state index contributed by atoms with van der Waals surface area (Å²) >= 11 is 0. The van der Waals surface area contributed by atoms with Gasteiger partial charge >= 0.3 is 5.97 Å². The Bertz CT molecular complexity index is 555. The predicted molar refractivity (Wildman–Crippen MR) is 82.1 cm³/mol. The van der Waals surface area contributed by atoms with Crippen LogP contribution in [0.1, 0.15) is 19.4 Å². The standard InChI is InChI=1S/C17H19NO3/c1-4-11-18(13-16(19)21-5-2)17(20)14(3)12-15-9-7-6-8-10-15/h1,6-10,12H,5,11,13H2,2-3H3/b14-12+. The number of nitrogens with zero attached hydrogens (tertiary/aromatic N) is 1. The molecule has 0 bridgehead atoms. The molecule has 1 amide bonds. The maximum atomic E-state index is 12.3. The van der Waals surface area contributed by atoms with E-state index in [2.05, 4.69) is 5.92 Å². The van der Waals surface area contributed by atoms with Crippen LogP contribution < -0.4 is 0 Å². The summed E-state index contributed by atoms with van der Waals surface area (Å²) in [6.45, 7) is 3.61. The number of terminal acetylenes is 1. The van der Waals surface area contributed by atoms with Crippen LogP contribution >= 0.6 is 0 Å². The van der Waals surface area contributed by atoms with Crippen LogP contribution in [0, 0.1) is 12.3 Å². The van der Waals surface area contributed by atoms with Gasteiger partial charge in [0.15, 0.2) is 0 Å². The molecule has 0 radical (unpaired) electrons. The molecule has 4 heteroatoms. The summed E-state index contributed by atoms with van der Waals surface area (Å²) in [6.07, 6.45) is 7.02. The van der Waals surface area contributed by atoms with Crippen molar-refractivity contribution in [3.05, 3.63) is 41.5 Å². The van der Waals surface area contributed by atoms with E-state index < -0.39 is 5.97 Å². The summed E-state index contributed by atoms with van der Waals surface area (Å²) in [5, 5.41) is 0. The summed E-state index contributed by atoms with van der Waals surface area (Å²) in [4.78, 5) is 25.1. The van der Waals surface area contributed by atoms with Gasteiger partial charge in [-0.25, -0.2) is 0 Å². The lowest BCUT2D eigenvalue weighted by atomic mass is 10.1. The monoisotopic (exact) mass is 285 g/mol. The molecule has 1 aromatic rings. The minimum absolute atomic E-state index is 0.0671. The third kappa shape index (κ3) is 5.53. The first-order valence-corrected chi connectivity index (χ1v) is 6.70. The fourth-order valence-corrected chi connectivity index (χ4v) is 1.78. The molecule has 1 aromatic carbocycles. The van der Waals surface area contributed by atoms with Crippen molar-refractivity contribution in [2.45, 2.75) is 13.8 Å². The molecule has 0 N–H and O–H groups in total. The molecule has 110 valence electrons. The van der Waals surface area contributed by atoms with Crippen LogP contribution in [0.2, 0.25) is 0 Å². The number of benzene rings is 1. The number of amides is 1. The van der Waals surface area contributed by atoms with Gasteiger partial charge in [0.1, 0.15) is 6.54 Å². The SMILES string of the molecule is C#CCN(CC(=O)OCC)C(=O)/C(C)=C/c1ccccc1. The number of carbonyl (C=O) groups excluding carboxylic acids is 2. The van der Waals surface area contributed by atoms with E-state index in [1.165, 1.54) is 4.90 Å². The molecular weight excluding hydrogens is 266 g/mol. The molecule has 21 heavy (non-hydrogen) atoms. The number of hydrogen-bond donors (Lipinski definition) is 0. The zero-order valence-electron chi connectivity index (χ0n) is 12.3. The maximum Gasteiger partial charge on any atom is 0.325 e. The summed E-state index contributed by atoms with van der Waals surface area (Å²) < 4.78 is 4.85. The van der Waals surface area contributed by atoms with Gasteiger partial charge in [-0.2, -0.15) is 0 Å². The molecular formula is C17H19NO3. The van der Waals surface area contributed by atoms with Crippen molar-refractivity contribution in [2.75, 3.05) is 19.7 Å². The van der Waals surface area contributed by atoms with E-state index in [1.54, 1.807) is 19.9 Å². The Kier molecular flexibility index (Phi) is 6.76. The Morgan fingerprint density at radius 2 is 2.00 bits per heavy atom. The van der Waals surface area contributed by atoms with Crippen LogP contribution in [0.3, 0.4) is 0 Å². The molecule has 4 nitrogen and oxygen atoms in total. The molecule has 0 fully saturated rings. The van der Waals surface area contributed by atoms with Gasteiger partial charge in [0, 0.05) is 5.57 Å². The second-order valence-corrected chi connectivity index (χ2v) is 4.41.